The van der Waals surface area contributed by atoms with Gasteiger partial charge in [0.15, 0.2) is 0 Å². The van der Waals surface area contributed by atoms with Crippen LogP contribution in [-0.4, -0.2) is 22.9 Å². The van der Waals surface area contributed by atoms with E-state index in [-0.39, 0.29) is 17.8 Å². The maximum absolute atomic E-state index is 10.1. The third kappa shape index (κ3) is 4.51. The summed E-state index contributed by atoms with van der Waals surface area (Å²) in [5.74, 6) is 1.34. The number of aryl methyl sites for hydroxylation is 1. The fourth-order valence-corrected chi connectivity index (χ4v) is 3.44. The largest absolute Gasteiger partial charge is 0.508 e. The molecule has 0 fully saturated rings. The zero-order valence-corrected chi connectivity index (χ0v) is 14.6. The standard InChI is InChI=1S/C20H30O3/c1-4-6-7-8-15-12-17(21)13-19(23-5-2)20(15)16-9-10-18(22)14(3)11-16/h11-13,16,18,21-22H,4-10H2,1-3H3/t16-,18?/m0/s1. The highest BCUT2D eigenvalue weighted by molar-refractivity contribution is 5.50. The molecule has 0 spiro atoms. The summed E-state index contributed by atoms with van der Waals surface area (Å²) in [6, 6.07) is 3.62. The molecule has 0 saturated heterocycles. The average molecular weight is 318 g/mol. The minimum Gasteiger partial charge on any atom is -0.508 e. The van der Waals surface area contributed by atoms with E-state index in [1.807, 2.05) is 19.9 Å². The van der Waals surface area contributed by atoms with E-state index < -0.39 is 0 Å². The van der Waals surface area contributed by atoms with Crippen LogP contribution in [0, 0.1) is 0 Å². The van der Waals surface area contributed by atoms with E-state index in [0.29, 0.717) is 6.61 Å². The van der Waals surface area contributed by atoms with Crippen LogP contribution in [0.3, 0.4) is 0 Å². The Morgan fingerprint density at radius 3 is 2.61 bits per heavy atom. The van der Waals surface area contributed by atoms with Gasteiger partial charge in [-0.05, 0) is 56.7 Å². The Hall–Kier alpha value is -1.48. The number of rotatable bonds is 7. The summed E-state index contributed by atoms with van der Waals surface area (Å²) < 4.78 is 5.83. The van der Waals surface area contributed by atoms with Crippen LogP contribution in [0.2, 0.25) is 0 Å². The van der Waals surface area contributed by atoms with E-state index in [2.05, 4.69) is 13.0 Å². The number of hydrogen-bond acceptors (Lipinski definition) is 3. The van der Waals surface area contributed by atoms with Gasteiger partial charge in [0.05, 0.1) is 12.7 Å². The number of phenolic OH excluding ortho intramolecular Hbond substituents is 1. The smallest absolute Gasteiger partial charge is 0.127 e. The Balaban J connectivity index is 2.40. The first-order valence-electron chi connectivity index (χ1n) is 8.91. The van der Waals surface area contributed by atoms with Gasteiger partial charge in [-0.15, -0.1) is 0 Å². The van der Waals surface area contributed by atoms with Crippen LogP contribution in [0.25, 0.3) is 0 Å². The van der Waals surface area contributed by atoms with Gasteiger partial charge in [0.25, 0.3) is 0 Å². The summed E-state index contributed by atoms with van der Waals surface area (Å²) >= 11 is 0. The normalized spacial score (nSPS) is 21.1. The lowest BCUT2D eigenvalue weighted by atomic mass is 9.81. The van der Waals surface area contributed by atoms with Crippen molar-refractivity contribution in [2.45, 2.75) is 71.3 Å². The first-order valence-corrected chi connectivity index (χ1v) is 8.91. The van der Waals surface area contributed by atoms with E-state index in [9.17, 15) is 10.2 Å². The van der Waals surface area contributed by atoms with Crippen LogP contribution >= 0.6 is 0 Å². The first-order chi connectivity index (χ1) is 11.1. The lowest BCUT2D eigenvalue weighted by Crippen LogP contribution is -2.17. The zero-order valence-electron chi connectivity index (χ0n) is 14.6. The maximum Gasteiger partial charge on any atom is 0.127 e. The summed E-state index contributed by atoms with van der Waals surface area (Å²) in [5, 5.41) is 20.0. The number of hydrogen-bond donors (Lipinski definition) is 2. The highest BCUT2D eigenvalue weighted by atomic mass is 16.5. The number of aliphatic hydroxyl groups is 1. The molecule has 1 aromatic carbocycles. The van der Waals surface area contributed by atoms with E-state index in [1.54, 1.807) is 6.07 Å². The predicted octanol–water partition coefficient (Wildman–Crippen LogP) is 4.71. The van der Waals surface area contributed by atoms with Crippen LogP contribution in [0.4, 0.5) is 0 Å². The summed E-state index contributed by atoms with van der Waals surface area (Å²) in [5.41, 5.74) is 3.43. The molecule has 128 valence electrons. The van der Waals surface area contributed by atoms with Crippen molar-refractivity contribution in [1.29, 1.82) is 0 Å². The van der Waals surface area contributed by atoms with Gasteiger partial charge in [-0.1, -0.05) is 25.8 Å². The van der Waals surface area contributed by atoms with Gasteiger partial charge in [0.2, 0.25) is 0 Å². The minimum absolute atomic E-state index is 0.261. The number of aromatic hydroxyl groups is 1. The Morgan fingerprint density at radius 1 is 1.17 bits per heavy atom. The molecule has 2 N–H and O–H groups in total. The number of phenols is 1. The number of unbranched alkanes of at least 4 members (excludes halogenated alkanes) is 2. The topological polar surface area (TPSA) is 49.7 Å². The van der Waals surface area contributed by atoms with E-state index in [4.69, 9.17) is 4.74 Å². The van der Waals surface area contributed by atoms with Gasteiger partial charge in [0, 0.05) is 17.5 Å². The SMILES string of the molecule is CCCCCc1cc(O)cc(OCC)c1[C@@H]1C=C(C)C(O)CC1. The second-order valence-corrected chi connectivity index (χ2v) is 6.52. The van der Waals surface area contributed by atoms with Crippen LogP contribution in [0.1, 0.15) is 69.9 Å². The molecule has 3 heteroatoms. The molecule has 0 saturated carbocycles. The Kier molecular flexibility index (Phi) is 6.52. The molecule has 0 bridgehead atoms. The van der Waals surface area contributed by atoms with Crippen molar-refractivity contribution in [3.05, 3.63) is 34.9 Å². The van der Waals surface area contributed by atoms with E-state index in [0.717, 1.165) is 37.0 Å². The van der Waals surface area contributed by atoms with Gasteiger partial charge in [-0.2, -0.15) is 0 Å². The van der Waals surface area contributed by atoms with Gasteiger partial charge < -0.3 is 14.9 Å². The molecule has 1 aliphatic carbocycles. The molecule has 23 heavy (non-hydrogen) atoms. The van der Waals surface area contributed by atoms with Gasteiger partial charge in [0.1, 0.15) is 11.5 Å². The lowest BCUT2D eigenvalue weighted by molar-refractivity contribution is 0.187. The quantitative estimate of drug-likeness (QED) is 0.565. The van der Waals surface area contributed by atoms with Crippen molar-refractivity contribution in [3.8, 4) is 11.5 Å². The zero-order chi connectivity index (χ0) is 16.8. The molecule has 1 aliphatic rings. The molecule has 2 atom stereocenters. The fourth-order valence-electron chi connectivity index (χ4n) is 3.44. The third-order valence-electron chi connectivity index (χ3n) is 4.67. The Bertz CT molecular complexity index is 548. The Labute approximate surface area is 140 Å². The monoisotopic (exact) mass is 318 g/mol. The molecule has 0 heterocycles. The highest BCUT2D eigenvalue weighted by Crippen LogP contribution is 2.41. The van der Waals surface area contributed by atoms with Crippen LogP contribution < -0.4 is 4.74 Å². The van der Waals surface area contributed by atoms with Crippen molar-refractivity contribution in [2.75, 3.05) is 6.61 Å². The molecule has 2 rings (SSSR count). The lowest BCUT2D eigenvalue weighted by Gasteiger charge is -2.27. The van der Waals surface area contributed by atoms with Gasteiger partial charge in [-0.25, -0.2) is 0 Å². The summed E-state index contributed by atoms with van der Waals surface area (Å²) in [6.07, 6.45) is 8.02. The maximum atomic E-state index is 10.1. The second kappa shape index (κ2) is 8.39. The minimum atomic E-state index is -0.317. The van der Waals surface area contributed by atoms with Crippen molar-refractivity contribution >= 4 is 0 Å². The molecule has 3 nitrogen and oxygen atoms in total. The van der Waals surface area contributed by atoms with Crippen molar-refractivity contribution in [3.63, 3.8) is 0 Å². The number of allylic oxidation sites excluding steroid dienone is 1. The number of aliphatic hydroxyl groups excluding tert-OH is 1. The van der Waals surface area contributed by atoms with E-state index in [1.165, 1.54) is 24.0 Å². The number of benzene rings is 1. The van der Waals surface area contributed by atoms with Crippen molar-refractivity contribution in [1.82, 2.24) is 0 Å². The van der Waals surface area contributed by atoms with Crippen molar-refractivity contribution in [2.24, 2.45) is 0 Å². The number of ether oxygens (including phenoxy) is 1. The Morgan fingerprint density at radius 2 is 1.96 bits per heavy atom. The summed E-state index contributed by atoms with van der Waals surface area (Å²) in [4.78, 5) is 0. The molecular weight excluding hydrogens is 288 g/mol. The van der Waals surface area contributed by atoms with Crippen molar-refractivity contribution < 1.29 is 14.9 Å². The molecular formula is C20H30O3. The average Bonchev–Trinajstić information content (AvgIpc) is 2.51. The third-order valence-corrected chi connectivity index (χ3v) is 4.67. The summed E-state index contributed by atoms with van der Waals surface area (Å²) in [6.45, 7) is 6.75. The summed E-state index contributed by atoms with van der Waals surface area (Å²) in [7, 11) is 0. The fraction of sp³-hybridized carbons (Fsp3) is 0.600. The van der Waals surface area contributed by atoms with Gasteiger partial charge >= 0.3 is 0 Å². The van der Waals surface area contributed by atoms with Gasteiger partial charge in [-0.3, -0.25) is 0 Å². The van der Waals surface area contributed by atoms with Crippen LogP contribution in [-0.2, 0) is 6.42 Å². The van der Waals surface area contributed by atoms with E-state index >= 15 is 0 Å². The second-order valence-electron chi connectivity index (χ2n) is 6.52. The molecule has 1 aromatic rings. The first kappa shape index (κ1) is 17.9. The molecule has 0 aliphatic heterocycles. The predicted molar refractivity (Wildman–Crippen MR) is 94.2 cm³/mol. The molecule has 0 aromatic heterocycles. The molecule has 1 unspecified atom stereocenters. The van der Waals surface area contributed by atoms with Crippen LogP contribution in [0.5, 0.6) is 11.5 Å². The highest BCUT2D eigenvalue weighted by Gasteiger charge is 2.25. The molecule has 0 radical (unpaired) electrons. The van der Waals surface area contributed by atoms with Crippen LogP contribution in [0.15, 0.2) is 23.8 Å². The molecule has 0 amide bonds.